The average Bonchev–Trinajstić information content (AvgIpc) is 2.14. The molecule has 0 amide bonds. The van der Waals surface area contributed by atoms with Gasteiger partial charge < -0.3 is 5.11 Å². The number of phenols is 1. The fourth-order valence-corrected chi connectivity index (χ4v) is 4.28. The number of phenolic OH excluding ortho intramolecular Hbond substituents is 1. The molecule has 0 saturated carbocycles. The molecule has 0 atom stereocenters. The van der Waals surface area contributed by atoms with Gasteiger partial charge in [0.1, 0.15) is 5.75 Å². The fraction of sp³-hybridized carbons (Fsp3) is 0.333. The summed E-state index contributed by atoms with van der Waals surface area (Å²) in [5.74, 6) is -0.0763. The van der Waals surface area contributed by atoms with E-state index >= 15 is 0 Å². The van der Waals surface area contributed by atoms with Crippen molar-refractivity contribution < 1.29 is 30.3 Å². The van der Waals surface area contributed by atoms with E-state index in [-0.39, 0.29) is 10.6 Å². The van der Waals surface area contributed by atoms with Crippen LogP contribution in [0.15, 0.2) is 29.2 Å². The minimum Gasteiger partial charge on any atom is -0.508 e. The third-order valence-electron chi connectivity index (χ3n) is 1.95. The lowest BCUT2D eigenvalue weighted by molar-refractivity contribution is -0.0495. The van der Waals surface area contributed by atoms with Gasteiger partial charge in [-0.1, -0.05) is 10.3 Å². The molecule has 104 valence electrons. The van der Waals surface area contributed by atoms with Crippen molar-refractivity contribution in [3.05, 3.63) is 24.3 Å². The van der Waals surface area contributed by atoms with Crippen molar-refractivity contribution in [2.24, 2.45) is 0 Å². The average molecular weight is 304 g/mol. The molecule has 0 spiro atoms. The number of halogens is 3. The van der Waals surface area contributed by atoms with Gasteiger partial charge in [0, 0.05) is 4.90 Å². The number of rotatable bonds is 3. The molecule has 9 heteroatoms. The van der Waals surface area contributed by atoms with Crippen molar-refractivity contribution >= 4 is 20.4 Å². The number of hydrogen-bond acceptors (Lipinski definition) is 4. The molecule has 1 N–H and O–H groups in total. The summed E-state index contributed by atoms with van der Waals surface area (Å²) < 4.78 is 62.7. The summed E-state index contributed by atoms with van der Waals surface area (Å²) in [5, 5.41) is 9.05. The van der Waals surface area contributed by atoms with Crippen LogP contribution in [0, 0.1) is 0 Å². The van der Waals surface area contributed by atoms with Crippen LogP contribution < -0.4 is 0 Å². The Balaban J connectivity index is 3.06. The monoisotopic (exact) mass is 304 g/mol. The quantitative estimate of drug-likeness (QED) is 0.872. The summed E-state index contributed by atoms with van der Waals surface area (Å²) in [4.78, 5) is 0.271. The Bertz CT molecular complexity index is 520. The third-order valence-corrected chi connectivity index (χ3v) is 6.00. The van der Waals surface area contributed by atoms with Crippen LogP contribution in [0.4, 0.5) is 13.2 Å². The Morgan fingerprint density at radius 3 is 1.94 bits per heavy atom. The molecule has 0 aliphatic carbocycles. The summed E-state index contributed by atoms with van der Waals surface area (Å²) in [6.45, 7) is 0. The van der Waals surface area contributed by atoms with Gasteiger partial charge in [-0.3, -0.25) is 0 Å². The van der Waals surface area contributed by atoms with Crippen LogP contribution in [0.1, 0.15) is 0 Å². The highest BCUT2D eigenvalue weighted by Gasteiger charge is 2.49. The van der Waals surface area contributed by atoms with Crippen molar-refractivity contribution in [1.29, 1.82) is 0 Å². The predicted molar refractivity (Wildman–Crippen MR) is 61.9 cm³/mol. The van der Waals surface area contributed by atoms with E-state index in [4.69, 9.17) is 5.11 Å². The van der Waals surface area contributed by atoms with E-state index < -0.39 is 25.9 Å². The van der Waals surface area contributed by atoms with Gasteiger partial charge in [0.05, 0.1) is 0 Å². The lowest BCUT2D eigenvalue weighted by Crippen LogP contribution is -2.26. The molecular weight excluding hydrogens is 293 g/mol. The Hall–Kier alpha value is -0.930. The van der Waals surface area contributed by atoms with Crippen LogP contribution in [0.3, 0.4) is 0 Å². The summed E-state index contributed by atoms with van der Waals surface area (Å²) in [6.07, 6.45) is 2.53. The maximum Gasteiger partial charge on any atom is 0.523 e. The van der Waals surface area contributed by atoms with Gasteiger partial charge in [-0.25, -0.2) is 3.63 Å². The molecule has 1 aromatic carbocycles. The molecule has 0 heterocycles. The number of benzene rings is 1. The summed E-state index contributed by atoms with van der Waals surface area (Å²) in [7, 11) is -8.28. The zero-order valence-electron chi connectivity index (χ0n) is 9.43. The minimum atomic E-state index is -5.64. The zero-order valence-corrected chi connectivity index (χ0v) is 11.1. The number of alkyl halides is 3. The minimum absolute atomic E-state index is 0.0763. The fourth-order valence-electron chi connectivity index (χ4n) is 1.08. The van der Waals surface area contributed by atoms with Gasteiger partial charge in [-0.05, 0) is 36.8 Å². The van der Waals surface area contributed by atoms with Gasteiger partial charge in [0.25, 0.3) is 0 Å². The second-order valence-electron chi connectivity index (χ2n) is 3.69. The number of aromatic hydroxyl groups is 1. The molecular formula is C9H11F3O4S2. The van der Waals surface area contributed by atoms with Crippen LogP contribution >= 0.6 is 10.3 Å². The molecule has 0 saturated heterocycles. The summed E-state index contributed by atoms with van der Waals surface area (Å²) >= 11 is 0. The predicted octanol–water partition coefficient (Wildman–Crippen LogP) is 2.60. The first-order valence-electron chi connectivity index (χ1n) is 4.50. The second kappa shape index (κ2) is 4.63. The van der Waals surface area contributed by atoms with Crippen molar-refractivity contribution in [1.82, 2.24) is 0 Å². The van der Waals surface area contributed by atoms with Gasteiger partial charge in [-0.2, -0.15) is 21.6 Å². The summed E-state index contributed by atoms with van der Waals surface area (Å²) in [6, 6.07) is 5.12. The zero-order chi connectivity index (χ0) is 14.2. The molecule has 0 fully saturated rings. The Morgan fingerprint density at radius 2 is 1.56 bits per heavy atom. The number of hydrogen-bond donors (Lipinski definition) is 1. The van der Waals surface area contributed by atoms with Crippen molar-refractivity contribution in [3.8, 4) is 5.75 Å². The second-order valence-corrected chi connectivity index (χ2v) is 8.55. The summed E-state index contributed by atoms with van der Waals surface area (Å²) in [5.41, 5.74) is -5.45. The normalized spacial score (nSPS) is 14.5. The first-order valence-corrected chi connectivity index (χ1v) is 8.29. The molecule has 1 aromatic rings. The molecule has 1 rings (SSSR count). The van der Waals surface area contributed by atoms with E-state index in [1.54, 1.807) is 0 Å². The lowest BCUT2D eigenvalue weighted by Gasteiger charge is -2.30. The van der Waals surface area contributed by atoms with Crippen molar-refractivity contribution in [3.63, 3.8) is 0 Å². The molecule has 0 aromatic heterocycles. The van der Waals surface area contributed by atoms with Crippen LogP contribution in [0.25, 0.3) is 0 Å². The maximum atomic E-state index is 12.2. The van der Waals surface area contributed by atoms with E-state index in [0.29, 0.717) is 0 Å². The molecule has 0 unspecified atom stereocenters. The molecule has 18 heavy (non-hydrogen) atoms. The van der Waals surface area contributed by atoms with Crippen LogP contribution in [-0.4, -0.2) is 31.5 Å². The molecule has 0 bridgehead atoms. The first-order chi connectivity index (χ1) is 7.96. The molecule has 4 nitrogen and oxygen atoms in total. The molecule has 0 aliphatic heterocycles. The molecule has 0 aliphatic rings. The standard InChI is InChI=1S/C9H11F3O4S2/c1-17(2,8-5-3-7(13)4-6-8)16-18(14,15)9(10,11)12/h3-6,13H,1-2H3. The van der Waals surface area contributed by atoms with Crippen LogP contribution in [0.5, 0.6) is 5.75 Å². The maximum absolute atomic E-state index is 12.2. The van der Waals surface area contributed by atoms with Crippen LogP contribution in [0.2, 0.25) is 0 Å². The van der Waals surface area contributed by atoms with E-state index in [0.717, 1.165) is 0 Å². The largest absolute Gasteiger partial charge is 0.523 e. The third kappa shape index (κ3) is 3.30. The van der Waals surface area contributed by atoms with Gasteiger partial charge in [-0.15, -0.1) is 0 Å². The van der Waals surface area contributed by atoms with Crippen LogP contribution in [-0.2, 0) is 13.7 Å². The van der Waals surface area contributed by atoms with Crippen molar-refractivity contribution in [2.45, 2.75) is 10.4 Å². The smallest absolute Gasteiger partial charge is 0.508 e. The van der Waals surface area contributed by atoms with Gasteiger partial charge >= 0.3 is 15.6 Å². The van der Waals surface area contributed by atoms with E-state index in [9.17, 15) is 21.6 Å². The highest BCUT2D eigenvalue weighted by atomic mass is 32.3. The van der Waals surface area contributed by atoms with E-state index in [2.05, 4.69) is 3.63 Å². The Labute approximate surface area is 104 Å². The van der Waals surface area contributed by atoms with E-state index in [1.165, 1.54) is 36.8 Å². The highest BCUT2D eigenvalue weighted by molar-refractivity contribution is 8.32. The molecule has 0 radical (unpaired) electrons. The van der Waals surface area contributed by atoms with Gasteiger partial charge in [0.2, 0.25) is 0 Å². The first kappa shape index (κ1) is 15.1. The Kier molecular flexibility index (Phi) is 3.89. The topological polar surface area (TPSA) is 63.6 Å². The lowest BCUT2D eigenvalue weighted by atomic mass is 10.3. The highest BCUT2D eigenvalue weighted by Crippen LogP contribution is 2.53. The Morgan fingerprint density at radius 1 is 1.11 bits per heavy atom. The van der Waals surface area contributed by atoms with Crippen molar-refractivity contribution in [2.75, 3.05) is 12.5 Å². The SMILES string of the molecule is CS(C)(OS(=O)(=O)C(F)(F)F)c1ccc(O)cc1. The van der Waals surface area contributed by atoms with E-state index in [1.807, 2.05) is 0 Å². The van der Waals surface area contributed by atoms with Gasteiger partial charge in [0.15, 0.2) is 0 Å².